The van der Waals surface area contributed by atoms with Gasteiger partial charge < -0.3 is 15.5 Å². The fourth-order valence-corrected chi connectivity index (χ4v) is 2.89. The number of unbranched alkanes of at least 4 members (excludes halogenated alkanes) is 1. The molecular formula is C15H31Cl2N3O. The van der Waals surface area contributed by atoms with Gasteiger partial charge in [0.15, 0.2) is 0 Å². The molecule has 126 valence electrons. The van der Waals surface area contributed by atoms with Gasteiger partial charge in [0.2, 0.25) is 5.91 Å². The average molecular weight is 340 g/mol. The van der Waals surface area contributed by atoms with Crippen molar-refractivity contribution in [1.29, 1.82) is 0 Å². The van der Waals surface area contributed by atoms with E-state index in [1.807, 2.05) is 0 Å². The molecule has 2 aliphatic heterocycles. The molecule has 0 aliphatic carbocycles. The second-order valence-electron chi connectivity index (χ2n) is 6.19. The molecule has 1 amide bonds. The highest BCUT2D eigenvalue weighted by molar-refractivity contribution is 5.85. The number of nitrogens with one attached hydrogen (secondary N) is 2. The van der Waals surface area contributed by atoms with Crippen molar-refractivity contribution in [3.8, 4) is 0 Å². The summed E-state index contributed by atoms with van der Waals surface area (Å²) in [5.74, 6) is 0.975. The lowest BCUT2D eigenvalue weighted by Crippen LogP contribution is -2.52. The standard InChI is InChI=1S/C15H29N3O.2ClH/c1-3-4-7-18-8-5-14(6-9-18)17-15(19)12(2)13-10-16-11-13;;/h12-14,16H,3-11H2,1-2H3,(H,17,19);2*1H. The van der Waals surface area contributed by atoms with Crippen molar-refractivity contribution >= 4 is 30.7 Å². The lowest BCUT2D eigenvalue weighted by atomic mass is 9.88. The molecule has 0 saturated carbocycles. The van der Waals surface area contributed by atoms with Crippen LogP contribution >= 0.6 is 24.8 Å². The zero-order chi connectivity index (χ0) is 13.7. The van der Waals surface area contributed by atoms with Crippen molar-refractivity contribution in [3.63, 3.8) is 0 Å². The lowest BCUT2D eigenvalue weighted by molar-refractivity contribution is -0.127. The Kier molecular flexibility index (Phi) is 10.6. The highest BCUT2D eigenvalue weighted by atomic mass is 35.5. The molecule has 0 bridgehead atoms. The van der Waals surface area contributed by atoms with E-state index < -0.39 is 0 Å². The van der Waals surface area contributed by atoms with Gasteiger partial charge in [-0.1, -0.05) is 20.3 Å². The summed E-state index contributed by atoms with van der Waals surface area (Å²) in [6, 6.07) is 0.404. The van der Waals surface area contributed by atoms with Gasteiger partial charge in [-0.15, -0.1) is 24.8 Å². The van der Waals surface area contributed by atoms with E-state index in [1.165, 1.54) is 19.4 Å². The Balaban J connectivity index is 0.00000200. The van der Waals surface area contributed by atoms with E-state index in [9.17, 15) is 4.79 Å². The van der Waals surface area contributed by atoms with E-state index in [1.54, 1.807) is 0 Å². The molecule has 4 nitrogen and oxygen atoms in total. The van der Waals surface area contributed by atoms with Gasteiger partial charge in [0, 0.05) is 25.0 Å². The first-order valence-electron chi connectivity index (χ1n) is 7.94. The molecule has 0 radical (unpaired) electrons. The number of halogens is 2. The summed E-state index contributed by atoms with van der Waals surface area (Å²) in [7, 11) is 0. The molecule has 0 aromatic carbocycles. The molecule has 2 heterocycles. The van der Waals surface area contributed by atoms with Gasteiger partial charge in [-0.25, -0.2) is 0 Å². The van der Waals surface area contributed by atoms with Gasteiger partial charge >= 0.3 is 0 Å². The van der Waals surface area contributed by atoms with Gasteiger partial charge in [-0.2, -0.15) is 0 Å². The van der Waals surface area contributed by atoms with Crippen LogP contribution in [-0.4, -0.2) is 49.6 Å². The summed E-state index contributed by atoms with van der Waals surface area (Å²) in [6.07, 6.45) is 4.79. The third-order valence-corrected chi connectivity index (χ3v) is 4.70. The molecule has 1 atom stereocenters. The highest BCUT2D eigenvalue weighted by Crippen LogP contribution is 2.17. The Morgan fingerprint density at radius 1 is 1.29 bits per heavy atom. The molecule has 2 aliphatic rings. The number of likely N-dealkylation sites (tertiary alicyclic amines) is 1. The first-order chi connectivity index (χ1) is 9.20. The fraction of sp³-hybridized carbons (Fsp3) is 0.933. The smallest absolute Gasteiger partial charge is 0.223 e. The van der Waals surface area contributed by atoms with Gasteiger partial charge in [-0.3, -0.25) is 4.79 Å². The highest BCUT2D eigenvalue weighted by Gasteiger charge is 2.30. The average Bonchev–Trinajstić information content (AvgIpc) is 2.36. The van der Waals surface area contributed by atoms with Crippen LogP contribution in [-0.2, 0) is 4.79 Å². The SMILES string of the molecule is CCCCN1CCC(NC(=O)C(C)C2CNC2)CC1.Cl.Cl. The molecule has 0 spiro atoms. The van der Waals surface area contributed by atoms with E-state index in [0.29, 0.717) is 12.0 Å². The lowest BCUT2D eigenvalue weighted by Gasteiger charge is -2.35. The van der Waals surface area contributed by atoms with Crippen LogP contribution in [0.1, 0.15) is 39.5 Å². The predicted molar refractivity (Wildman–Crippen MR) is 92.5 cm³/mol. The molecule has 2 saturated heterocycles. The Bertz CT molecular complexity index is 293. The van der Waals surface area contributed by atoms with Crippen molar-refractivity contribution in [2.75, 3.05) is 32.7 Å². The number of piperidine rings is 1. The molecular weight excluding hydrogens is 309 g/mol. The first-order valence-corrected chi connectivity index (χ1v) is 7.94. The number of hydrogen-bond acceptors (Lipinski definition) is 3. The number of rotatable bonds is 6. The predicted octanol–water partition coefficient (Wildman–Crippen LogP) is 2.07. The van der Waals surface area contributed by atoms with Crippen LogP contribution in [0.4, 0.5) is 0 Å². The van der Waals surface area contributed by atoms with Crippen LogP contribution in [0.2, 0.25) is 0 Å². The quantitative estimate of drug-likeness (QED) is 0.778. The molecule has 0 aromatic heterocycles. The normalized spacial score (nSPS) is 21.6. The Morgan fingerprint density at radius 2 is 1.90 bits per heavy atom. The molecule has 21 heavy (non-hydrogen) atoms. The molecule has 2 fully saturated rings. The zero-order valence-corrected chi connectivity index (χ0v) is 14.9. The number of carbonyl (C=O) groups excluding carboxylic acids is 1. The van der Waals surface area contributed by atoms with E-state index >= 15 is 0 Å². The molecule has 0 aromatic rings. The summed E-state index contributed by atoms with van der Waals surface area (Å²) in [4.78, 5) is 14.7. The number of nitrogens with zero attached hydrogens (tertiary/aromatic N) is 1. The topological polar surface area (TPSA) is 44.4 Å². The van der Waals surface area contributed by atoms with Crippen LogP contribution < -0.4 is 10.6 Å². The van der Waals surface area contributed by atoms with E-state index in [0.717, 1.165) is 39.0 Å². The molecule has 2 N–H and O–H groups in total. The molecule has 2 rings (SSSR count). The van der Waals surface area contributed by atoms with Crippen molar-refractivity contribution in [2.24, 2.45) is 11.8 Å². The monoisotopic (exact) mass is 339 g/mol. The van der Waals surface area contributed by atoms with Gasteiger partial charge in [0.1, 0.15) is 0 Å². The maximum Gasteiger partial charge on any atom is 0.223 e. The van der Waals surface area contributed by atoms with Crippen LogP contribution in [0.25, 0.3) is 0 Å². The van der Waals surface area contributed by atoms with E-state index in [4.69, 9.17) is 0 Å². The third-order valence-electron chi connectivity index (χ3n) is 4.70. The van der Waals surface area contributed by atoms with Gasteiger partial charge in [0.25, 0.3) is 0 Å². The summed E-state index contributed by atoms with van der Waals surface area (Å²) < 4.78 is 0. The number of carbonyl (C=O) groups is 1. The van der Waals surface area contributed by atoms with E-state index in [2.05, 4.69) is 29.4 Å². The molecule has 6 heteroatoms. The summed E-state index contributed by atoms with van der Waals surface area (Å²) >= 11 is 0. The van der Waals surface area contributed by atoms with E-state index in [-0.39, 0.29) is 36.6 Å². The summed E-state index contributed by atoms with van der Waals surface area (Å²) in [5, 5.41) is 6.49. The third kappa shape index (κ3) is 6.31. The number of hydrogen-bond donors (Lipinski definition) is 2. The van der Waals surface area contributed by atoms with Crippen LogP contribution in [0.15, 0.2) is 0 Å². The summed E-state index contributed by atoms with van der Waals surface area (Å²) in [6.45, 7) is 9.82. The van der Waals surface area contributed by atoms with Crippen molar-refractivity contribution in [1.82, 2.24) is 15.5 Å². The van der Waals surface area contributed by atoms with Crippen LogP contribution in [0.3, 0.4) is 0 Å². The minimum absolute atomic E-state index is 0. The second kappa shape index (κ2) is 10.7. The zero-order valence-electron chi connectivity index (χ0n) is 13.3. The molecule has 1 unspecified atom stereocenters. The van der Waals surface area contributed by atoms with Gasteiger partial charge in [0.05, 0.1) is 0 Å². The Morgan fingerprint density at radius 3 is 2.38 bits per heavy atom. The van der Waals surface area contributed by atoms with Crippen molar-refractivity contribution in [2.45, 2.75) is 45.6 Å². The number of amides is 1. The van der Waals surface area contributed by atoms with Gasteiger partial charge in [-0.05, 0) is 44.8 Å². The fourth-order valence-electron chi connectivity index (χ4n) is 2.89. The minimum atomic E-state index is 0. The Hall–Kier alpha value is -0.0300. The van der Waals surface area contributed by atoms with Crippen molar-refractivity contribution < 1.29 is 4.79 Å². The largest absolute Gasteiger partial charge is 0.353 e. The van der Waals surface area contributed by atoms with Crippen molar-refractivity contribution in [3.05, 3.63) is 0 Å². The second-order valence-corrected chi connectivity index (χ2v) is 6.19. The minimum Gasteiger partial charge on any atom is -0.353 e. The van der Waals surface area contributed by atoms with Crippen LogP contribution in [0, 0.1) is 11.8 Å². The first kappa shape index (κ1) is 21.0. The van der Waals surface area contributed by atoms with Crippen LogP contribution in [0.5, 0.6) is 0 Å². The maximum absolute atomic E-state index is 12.1. The summed E-state index contributed by atoms with van der Waals surface area (Å²) in [5.41, 5.74) is 0. The maximum atomic E-state index is 12.1. The Labute approximate surface area is 141 Å².